The molecule has 0 amide bonds. The van der Waals surface area contributed by atoms with Crippen LogP contribution in [0.4, 0.5) is 0 Å². The summed E-state index contributed by atoms with van der Waals surface area (Å²) in [6.45, 7) is 4.48. The molecule has 0 atom stereocenters. The van der Waals surface area contributed by atoms with E-state index in [1.54, 1.807) is 6.20 Å². The Labute approximate surface area is 124 Å². The van der Waals surface area contributed by atoms with Gasteiger partial charge in [-0.25, -0.2) is 9.78 Å². The van der Waals surface area contributed by atoms with E-state index in [9.17, 15) is 4.79 Å². The number of nitrogens with zero attached hydrogens (tertiary/aromatic N) is 2. The molecule has 2 rings (SSSR count). The Morgan fingerprint density at radius 1 is 1.19 bits per heavy atom. The van der Waals surface area contributed by atoms with E-state index < -0.39 is 5.97 Å². The quantitative estimate of drug-likeness (QED) is 0.791. The second-order valence-corrected chi connectivity index (χ2v) is 4.35. The molecule has 0 aliphatic rings. The van der Waals surface area contributed by atoms with Gasteiger partial charge in [-0.1, -0.05) is 6.92 Å². The summed E-state index contributed by atoms with van der Waals surface area (Å²) >= 11 is 0. The Balaban J connectivity index is 2.37. The van der Waals surface area contributed by atoms with Crippen LogP contribution in [-0.4, -0.2) is 29.7 Å². The molecule has 21 heavy (non-hydrogen) atoms. The van der Waals surface area contributed by atoms with Gasteiger partial charge in [0.1, 0.15) is 5.75 Å². The Morgan fingerprint density at radius 2 is 1.90 bits per heavy atom. The third kappa shape index (κ3) is 3.37. The molecule has 0 unspecified atom stereocenters. The van der Waals surface area contributed by atoms with Gasteiger partial charge in [-0.05, 0) is 37.6 Å². The first-order valence-electron chi connectivity index (χ1n) is 6.87. The number of benzene rings is 1. The van der Waals surface area contributed by atoms with Crippen molar-refractivity contribution in [2.24, 2.45) is 0 Å². The standard InChI is InChI=1S/C16H18N2O3/c1-4-13-15(16(19)20-3)18-14(10-17-13)11-6-8-12(9-7-11)21-5-2/h6-10H,4-5H2,1-3H3. The second-order valence-electron chi connectivity index (χ2n) is 4.35. The van der Waals surface area contributed by atoms with Crippen molar-refractivity contribution in [3.05, 3.63) is 41.9 Å². The maximum atomic E-state index is 11.8. The van der Waals surface area contributed by atoms with Gasteiger partial charge in [-0.3, -0.25) is 4.98 Å². The van der Waals surface area contributed by atoms with Crippen LogP contribution >= 0.6 is 0 Å². The molecule has 0 saturated carbocycles. The SMILES string of the molecule is CCOc1ccc(-c2cnc(CC)c(C(=O)OC)n2)cc1. The Morgan fingerprint density at radius 3 is 2.48 bits per heavy atom. The predicted octanol–water partition coefficient (Wildman–Crippen LogP) is 2.89. The summed E-state index contributed by atoms with van der Waals surface area (Å²) < 4.78 is 10.2. The number of esters is 1. The highest BCUT2D eigenvalue weighted by atomic mass is 16.5. The van der Waals surface area contributed by atoms with Crippen molar-refractivity contribution in [3.8, 4) is 17.0 Å². The van der Waals surface area contributed by atoms with Gasteiger partial charge in [0.05, 0.1) is 31.3 Å². The summed E-state index contributed by atoms with van der Waals surface area (Å²) in [5.74, 6) is 0.333. The third-order valence-electron chi connectivity index (χ3n) is 3.02. The van der Waals surface area contributed by atoms with Crippen molar-refractivity contribution >= 4 is 5.97 Å². The highest BCUT2D eigenvalue weighted by Crippen LogP contribution is 2.21. The average molecular weight is 286 g/mol. The third-order valence-corrected chi connectivity index (χ3v) is 3.02. The monoisotopic (exact) mass is 286 g/mol. The minimum atomic E-state index is -0.466. The van der Waals surface area contributed by atoms with Crippen molar-refractivity contribution < 1.29 is 14.3 Å². The number of aromatic nitrogens is 2. The lowest BCUT2D eigenvalue weighted by Gasteiger charge is -2.08. The van der Waals surface area contributed by atoms with Gasteiger partial charge in [0, 0.05) is 5.56 Å². The number of carbonyl (C=O) groups excluding carboxylic acids is 1. The molecule has 0 aliphatic heterocycles. The van der Waals surface area contributed by atoms with Crippen LogP contribution in [0.3, 0.4) is 0 Å². The van der Waals surface area contributed by atoms with Crippen LogP contribution in [0.1, 0.15) is 30.0 Å². The van der Waals surface area contributed by atoms with Crippen LogP contribution in [-0.2, 0) is 11.2 Å². The zero-order chi connectivity index (χ0) is 15.2. The molecule has 0 spiro atoms. The van der Waals surface area contributed by atoms with E-state index in [-0.39, 0.29) is 5.69 Å². The van der Waals surface area contributed by atoms with Gasteiger partial charge in [-0.2, -0.15) is 0 Å². The Hall–Kier alpha value is -2.43. The molecule has 0 N–H and O–H groups in total. The van der Waals surface area contributed by atoms with Gasteiger partial charge in [0.2, 0.25) is 0 Å². The molecule has 5 heteroatoms. The van der Waals surface area contributed by atoms with Crippen LogP contribution in [0.15, 0.2) is 30.5 Å². The number of aryl methyl sites for hydroxylation is 1. The molecule has 1 heterocycles. The van der Waals surface area contributed by atoms with E-state index in [1.807, 2.05) is 38.1 Å². The molecular formula is C16H18N2O3. The second kappa shape index (κ2) is 6.83. The molecule has 0 saturated heterocycles. The molecule has 1 aromatic carbocycles. The molecule has 1 aromatic heterocycles. The Bertz CT molecular complexity index is 624. The van der Waals surface area contributed by atoms with Crippen molar-refractivity contribution in [3.63, 3.8) is 0 Å². The van der Waals surface area contributed by atoms with Crippen LogP contribution in [0.5, 0.6) is 5.75 Å². The zero-order valence-electron chi connectivity index (χ0n) is 12.4. The maximum absolute atomic E-state index is 11.8. The van der Waals surface area contributed by atoms with Gasteiger partial charge in [0.25, 0.3) is 0 Å². The first-order valence-corrected chi connectivity index (χ1v) is 6.87. The largest absolute Gasteiger partial charge is 0.494 e. The lowest BCUT2D eigenvalue weighted by Crippen LogP contribution is -2.10. The molecule has 2 aromatic rings. The Kier molecular flexibility index (Phi) is 4.87. The fourth-order valence-electron chi connectivity index (χ4n) is 1.96. The fourth-order valence-corrected chi connectivity index (χ4v) is 1.96. The fraction of sp³-hybridized carbons (Fsp3) is 0.312. The van der Waals surface area contributed by atoms with Crippen molar-refractivity contribution in [1.29, 1.82) is 0 Å². The van der Waals surface area contributed by atoms with E-state index in [0.29, 0.717) is 24.4 Å². The zero-order valence-corrected chi connectivity index (χ0v) is 12.4. The molecule has 0 bridgehead atoms. The number of ether oxygens (including phenoxy) is 2. The topological polar surface area (TPSA) is 61.3 Å². The molecular weight excluding hydrogens is 268 g/mol. The van der Waals surface area contributed by atoms with E-state index in [2.05, 4.69) is 9.97 Å². The van der Waals surface area contributed by atoms with Gasteiger partial charge in [-0.15, -0.1) is 0 Å². The summed E-state index contributed by atoms with van der Waals surface area (Å²) in [7, 11) is 1.34. The number of methoxy groups -OCH3 is 1. The van der Waals surface area contributed by atoms with E-state index in [0.717, 1.165) is 11.3 Å². The summed E-state index contributed by atoms with van der Waals surface area (Å²) in [6.07, 6.45) is 2.29. The molecule has 0 fully saturated rings. The van der Waals surface area contributed by atoms with E-state index in [1.165, 1.54) is 7.11 Å². The highest BCUT2D eigenvalue weighted by molar-refractivity contribution is 5.89. The summed E-state index contributed by atoms with van der Waals surface area (Å²) in [4.78, 5) is 20.5. The average Bonchev–Trinajstić information content (AvgIpc) is 2.54. The van der Waals surface area contributed by atoms with Crippen LogP contribution < -0.4 is 4.74 Å². The van der Waals surface area contributed by atoms with Crippen LogP contribution in [0.25, 0.3) is 11.3 Å². The summed E-state index contributed by atoms with van der Waals surface area (Å²) in [5, 5.41) is 0. The predicted molar refractivity (Wildman–Crippen MR) is 79.4 cm³/mol. The first kappa shape index (κ1) is 15.0. The van der Waals surface area contributed by atoms with Crippen molar-refractivity contribution in [1.82, 2.24) is 9.97 Å². The summed E-state index contributed by atoms with van der Waals surface area (Å²) in [6, 6.07) is 7.52. The van der Waals surface area contributed by atoms with Crippen LogP contribution in [0, 0.1) is 0 Å². The highest BCUT2D eigenvalue weighted by Gasteiger charge is 2.15. The maximum Gasteiger partial charge on any atom is 0.358 e. The minimum Gasteiger partial charge on any atom is -0.494 e. The minimum absolute atomic E-state index is 0.270. The van der Waals surface area contributed by atoms with Crippen LogP contribution in [0.2, 0.25) is 0 Å². The van der Waals surface area contributed by atoms with Gasteiger partial charge in [0.15, 0.2) is 5.69 Å². The molecule has 0 aliphatic carbocycles. The number of carbonyl (C=O) groups is 1. The number of hydrogen-bond acceptors (Lipinski definition) is 5. The van der Waals surface area contributed by atoms with Gasteiger partial charge >= 0.3 is 5.97 Å². The molecule has 5 nitrogen and oxygen atoms in total. The lowest BCUT2D eigenvalue weighted by molar-refractivity contribution is 0.0592. The molecule has 0 radical (unpaired) electrons. The van der Waals surface area contributed by atoms with E-state index in [4.69, 9.17) is 9.47 Å². The lowest BCUT2D eigenvalue weighted by atomic mass is 10.1. The van der Waals surface area contributed by atoms with Gasteiger partial charge < -0.3 is 9.47 Å². The first-order chi connectivity index (χ1) is 10.2. The summed E-state index contributed by atoms with van der Waals surface area (Å²) in [5.41, 5.74) is 2.41. The number of rotatable bonds is 5. The molecule has 110 valence electrons. The number of hydrogen-bond donors (Lipinski definition) is 0. The normalized spacial score (nSPS) is 10.2. The van der Waals surface area contributed by atoms with Crippen molar-refractivity contribution in [2.45, 2.75) is 20.3 Å². The van der Waals surface area contributed by atoms with Crippen molar-refractivity contribution in [2.75, 3.05) is 13.7 Å². The smallest absolute Gasteiger partial charge is 0.358 e. The van der Waals surface area contributed by atoms with E-state index >= 15 is 0 Å².